The van der Waals surface area contributed by atoms with Crippen LogP contribution in [0.3, 0.4) is 0 Å². The van der Waals surface area contributed by atoms with Crippen LogP contribution in [0.5, 0.6) is 5.75 Å². The van der Waals surface area contributed by atoms with E-state index in [1.807, 2.05) is 48.5 Å². The molecule has 0 spiro atoms. The van der Waals surface area contributed by atoms with Gasteiger partial charge < -0.3 is 9.64 Å². The zero-order valence-electron chi connectivity index (χ0n) is 12.1. The summed E-state index contributed by atoms with van der Waals surface area (Å²) in [6.45, 7) is 0. The normalized spacial score (nSPS) is 12.7. The molecule has 22 heavy (non-hydrogen) atoms. The van der Waals surface area contributed by atoms with E-state index in [0.717, 1.165) is 5.69 Å². The minimum Gasteiger partial charge on any atom is -0.496 e. The molecule has 0 saturated carbocycles. The number of anilines is 1. The van der Waals surface area contributed by atoms with Gasteiger partial charge in [-0.2, -0.15) is 0 Å². The Morgan fingerprint density at radius 3 is 2.23 bits per heavy atom. The van der Waals surface area contributed by atoms with Crippen LogP contribution in [0.15, 0.2) is 54.6 Å². The molecule has 0 N–H and O–H groups in total. The summed E-state index contributed by atoms with van der Waals surface area (Å²) in [5, 5.41) is 0. The summed E-state index contributed by atoms with van der Waals surface area (Å²) >= 11 is 11.3. The van der Waals surface area contributed by atoms with Crippen LogP contribution in [0.25, 0.3) is 0 Å². The zero-order chi connectivity index (χ0) is 16.2. The molecule has 7 heteroatoms. The van der Waals surface area contributed by atoms with Crippen molar-refractivity contribution in [2.24, 2.45) is 0 Å². The lowest BCUT2D eigenvalue weighted by Gasteiger charge is -2.31. The third-order valence-corrected chi connectivity index (χ3v) is 4.07. The average Bonchev–Trinajstić information content (AvgIpc) is 2.52. The number of hydrogen-bond acceptors (Lipinski definition) is 4. The van der Waals surface area contributed by atoms with E-state index in [-0.39, 0.29) is 0 Å². The molecule has 0 bridgehead atoms. The number of rotatable bonds is 6. The summed E-state index contributed by atoms with van der Waals surface area (Å²) in [5.41, 5.74) is 1.54. The van der Waals surface area contributed by atoms with E-state index in [4.69, 9.17) is 31.7 Å². The molecule has 0 radical (unpaired) electrons. The highest BCUT2D eigenvalue weighted by atomic mass is 35.9. The third-order valence-electron chi connectivity index (χ3n) is 3.14. The molecule has 0 aliphatic heterocycles. The molecule has 1 unspecified atom stereocenters. The minimum absolute atomic E-state index is 0.595. The minimum atomic E-state index is -3.74. The molecule has 0 fully saturated rings. The predicted molar refractivity (Wildman–Crippen MR) is 91.0 cm³/mol. The Hall–Kier alpha value is -1.19. The molecular formula is C15H16Cl2NO3P. The Bertz CT molecular complexity index is 663. The van der Waals surface area contributed by atoms with Gasteiger partial charge in [-0.1, -0.05) is 36.4 Å². The molecule has 0 aliphatic rings. The van der Waals surface area contributed by atoms with Gasteiger partial charge in [-0.25, -0.2) is 0 Å². The molecule has 0 aromatic heterocycles. The van der Waals surface area contributed by atoms with E-state index in [1.54, 1.807) is 25.1 Å². The van der Waals surface area contributed by atoms with Crippen molar-refractivity contribution in [2.75, 3.05) is 19.1 Å². The quantitative estimate of drug-likeness (QED) is 0.508. The second-order valence-corrected chi connectivity index (χ2v) is 8.79. The van der Waals surface area contributed by atoms with Crippen molar-refractivity contribution in [3.05, 3.63) is 60.2 Å². The van der Waals surface area contributed by atoms with Crippen LogP contribution >= 0.6 is 28.6 Å². The average molecular weight is 360 g/mol. The molecular weight excluding hydrogens is 344 g/mol. The van der Waals surface area contributed by atoms with Crippen LogP contribution < -0.4 is 9.64 Å². The second-order valence-electron chi connectivity index (χ2n) is 4.56. The van der Waals surface area contributed by atoms with Gasteiger partial charge in [-0.3, -0.25) is 9.09 Å². The summed E-state index contributed by atoms with van der Waals surface area (Å²) in [6, 6.07) is 16.8. The fourth-order valence-corrected chi connectivity index (χ4v) is 3.06. The van der Waals surface area contributed by atoms with E-state index in [2.05, 4.69) is 0 Å². The van der Waals surface area contributed by atoms with Gasteiger partial charge in [0.15, 0.2) is 6.23 Å². The van der Waals surface area contributed by atoms with Crippen LogP contribution in [-0.4, -0.2) is 14.2 Å². The lowest BCUT2D eigenvalue weighted by Crippen LogP contribution is -2.25. The number of hydrogen-bond donors (Lipinski definition) is 0. The van der Waals surface area contributed by atoms with Crippen LogP contribution in [0.4, 0.5) is 5.69 Å². The lowest BCUT2D eigenvalue weighted by molar-refractivity contribution is 0.216. The van der Waals surface area contributed by atoms with Crippen LogP contribution in [0, 0.1) is 0 Å². The van der Waals surface area contributed by atoms with Crippen molar-refractivity contribution in [3.63, 3.8) is 0 Å². The monoisotopic (exact) mass is 359 g/mol. The largest absolute Gasteiger partial charge is 0.496 e. The first kappa shape index (κ1) is 17.2. The van der Waals surface area contributed by atoms with Crippen molar-refractivity contribution in [2.45, 2.75) is 6.23 Å². The predicted octanol–water partition coefficient (Wildman–Crippen LogP) is 5.43. The van der Waals surface area contributed by atoms with Crippen molar-refractivity contribution < 1.29 is 13.8 Å². The Balaban J connectivity index is 2.45. The van der Waals surface area contributed by atoms with Crippen molar-refractivity contribution >= 4 is 34.2 Å². The number of halogens is 2. The van der Waals surface area contributed by atoms with Gasteiger partial charge in [0.1, 0.15) is 5.75 Å². The van der Waals surface area contributed by atoms with Crippen LogP contribution in [-0.2, 0) is 9.09 Å². The number of para-hydroxylation sites is 2. The van der Waals surface area contributed by atoms with Crippen LogP contribution in [0.2, 0.25) is 0 Å². The van der Waals surface area contributed by atoms with E-state index < -0.39 is 12.3 Å². The summed E-state index contributed by atoms with van der Waals surface area (Å²) < 4.78 is 22.5. The van der Waals surface area contributed by atoms with Gasteiger partial charge in [0.25, 0.3) is 0 Å². The summed E-state index contributed by atoms with van der Waals surface area (Å²) in [7, 11) is 3.36. The number of benzene rings is 2. The Labute approximate surface area is 139 Å². The molecule has 2 aromatic rings. The number of nitrogens with zero attached hydrogens (tertiary/aromatic N) is 1. The van der Waals surface area contributed by atoms with Crippen molar-refractivity contribution in [1.82, 2.24) is 0 Å². The zero-order valence-corrected chi connectivity index (χ0v) is 14.6. The number of methoxy groups -OCH3 is 1. The van der Waals surface area contributed by atoms with E-state index in [1.165, 1.54) is 0 Å². The van der Waals surface area contributed by atoms with E-state index in [0.29, 0.717) is 11.3 Å². The Morgan fingerprint density at radius 2 is 1.64 bits per heavy atom. The smallest absolute Gasteiger partial charge is 0.382 e. The summed E-state index contributed by atoms with van der Waals surface area (Å²) in [4.78, 5) is 1.79. The molecule has 0 heterocycles. The fraction of sp³-hybridized carbons (Fsp3) is 0.200. The van der Waals surface area contributed by atoms with Gasteiger partial charge in [-0.05, 0) is 40.7 Å². The molecule has 2 rings (SSSR count). The summed E-state index contributed by atoms with van der Waals surface area (Å²) in [6.07, 6.45) is -4.50. The molecule has 4 nitrogen and oxygen atoms in total. The highest BCUT2D eigenvalue weighted by Gasteiger charge is 2.29. The highest BCUT2D eigenvalue weighted by molar-refractivity contribution is 8.05. The van der Waals surface area contributed by atoms with Crippen molar-refractivity contribution in [3.8, 4) is 5.75 Å². The molecule has 2 aromatic carbocycles. The first-order valence-corrected chi connectivity index (χ1v) is 9.94. The second kappa shape index (κ2) is 7.38. The molecule has 1 atom stereocenters. The number of ether oxygens (including phenoxy) is 1. The standard InChI is InChI=1S/C15H16Cl2NO3P/c1-18(12-8-4-3-5-9-12)15(21-22(16,17)19)13-10-6-7-11-14(13)20-2/h3-11,15H,1-2H3. The van der Waals surface area contributed by atoms with E-state index >= 15 is 0 Å². The first-order chi connectivity index (χ1) is 10.4. The summed E-state index contributed by atoms with van der Waals surface area (Å²) in [5.74, 6) is 0.595. The van der Waals surface area contributed by atoms with Crippen LogP contribution in [0.1, 0.15) is 11.8 Å². The molecule has 0 amide bonds. The van der Waals surface area contributed by atoms with Gasteiger partial charge >= 0.3 is 6.07 Å². The van der Waals surface area contributed by atoms with Gasteiger partial charge in [0.2, 0.25) is 0 Å². The maximum atomic E-state index is 11.8. The van der Waals surface area contributed by atoms with Crippen molar-refractivity contribution in [1.29, 1.82) is 0 Å². The Kier molecular flexibility index (Phi) is 5.76. The highest BCUT2D eigenvalue weighted by Crippen LogP contribution is 2.61. The van der Waals surface area contributed by atoms with Gasteiger partial charge in [-0.15, -0.1) is 0 Å². The topological polar surface area (TPSA) is 38.8 Å². The van der Waals surface area contributed by atoms with E-state index in [9.17, 15) is 4.57 Å². The lowest BCUT2D eigenvalue weighted by atomic mass is 10.1. The first-order valence-electron chi connectivity index (χ1n) is 6.51. The molecule has 0 saturated heterocycles. The Morgan fingerprint density at radius 1 is 1.05 bits per heavy atom. The molecule has 118 valence electrons. The fourth-order valence-electron chi connectivity index (χ4n) is 2.12. The maximum absolute atomic E-state index is 11.8. The third kappa shape index (κ3) is 4.40. The maximum Gasteiger partial charge on any atom is 0.382 e. The van der Waals surface area contributed by atoms with Gasteiger partial charge in [0.05, 0.1) is 7.11 Å². The van der Waals surface area contributed by atoms with Gasteiger partial charge in [0, 0.05) is 18.3 Å². The SMILES string of the molecule is COc1ccccc1C(OP(=O)(Cl)Cl)N(C)c1ccccc1. The molecule has 0 aliphatic carbocycles.